The lowest BCUT2D eigenvalue weighted by Gasteiger charge is -2.27. The Hall–Kier alpha value is -3.67. The van der Waals surface area contributed by atoms with Crippen molar-refractivity contribution >= 4 is 35.2 Å². The lowest BCUT2D eigenvalue weighted by atomic mass is 10.0. The number of nitrogens with two attached hydrogens (primary N) is 1. The second kappa shape index (κ2) is 12.7. The van der Waals surface area contributed by atoms with Gasteiger partial charge in [-0.15, -0.1) is 0 Å². The molecule has 3 atom stereocenters. The lowest BCUT2D eigenvalue weighted by Crippen LogP contribution is -2.56. The second-order valence-electron chi connectivity index (χ2n) is 8.95. The third-order valence-electron chi connectivity index (χ3n) is 5.65. The summed E-state index contributed by atoms with van der Waals surface area (Å²) in [6.07, 6.45) is 1.33. The number of carbonyl (C=O) groups is 5. The standard InChI is InChI=1S/C23H34N6O6/c1-13(2)11-17(22(33)26-14(3)20(31)28-35)27-23(34)18-5-4-10-29(18)19(30)12-25-21(32)15-6-8-16(24)9-7-15/h6-9,13-14,17-18,35H,4-5,10-12,24H2,1-3H3,(H,25,32)(H,26,33)(H,27,34)(H,28,31)/t14-,17+,18-/m1/s1. The van der Waals surface area contributed by atoms with Crippen molar-refractivity contribution < 1.29 is 29.2 Å². The molecule has 12 heteroatoms. The summed E-state index contributed by atoms with van der Waals surface area (Å²) >= 11 is 0. The van der Waals surface area contributed by atoms with E-state index in [1.165, 1.54) is 17.3 Å². The fourth-order valence-corrected chi connectivity index (χ4v) is 3.78. The molecule has 0 spiro atoms. The minimum absolute atomic E-state index is 0.0536. The number of anilines is 1. The molecule has 192 valence electrons. The van der Waals surface area contributed by atoms with E-state index in [2.05, 4.69) is 16.0 Å². The van der Waals surface area contributed by atoms with Crippen molar-refractivity contribution in [2.75, 3.05) is 18.8 Å². The number of benzene rings is 1. The molecule has 1 fully saturated rings. The molecule has 0 radical (unpaired) electrons. The largest absolute Gasteiger partial charge is 0.399 e. The summed E-state index contributed by atoms with van der Waals surface area (Å²) in [7, 11) is 0. The Morgan fingerprint density at radius 1 is 1.06 bits per heavy atom. The van der Waals surface area contributed by atoms with E-state index in [1.807, 2.05) is 13.8 Å². The van der Waals surface area contributed by atoms with Crippen LogP contribution in [0.3, 0.4) is 0 Å². The summed E-state index contributed by atoms with van der Waals surface area (Å²) in [6, 6.07) is 3.54. The van der Waals surface area contributed by atoms with Crippen LogP contribution in [0.4, 0.5) is 5.69 Å². The highest BCUT2D eigenvalue weighted by Crippen LogP contribution is 2.18. The van der Waals surface area contributed by atoms with Gasteiger partial charge in [-0.05, 0) is 56.4 Å². The summed E-state index contributed by atoms with van der Waals surface area (Å²) in [4.78, 5) is 63.7. The van der Waals surface area contributed by atoms with Crippen LogP contribution >= 0.6 is 0 Å². The van der Waals surface area contributed by atoms with E-state index in [0.29, 0.717) is 37.1 Å². The van der Waals surface area contributed by atoms with Crippen molar-refractivity contribution in [2.24, 2.45) is 5.92 Å². The van der Waals surface area contributed by atoms with Crippen LogP contribution < -0.4 is 27.2 Å². The first-order chi connectivity index (χ1) is 16.5. The molecule has 1 saturated heterocycles. The van der Waals surface area contributed by atoms with Crippen LogP contribution in [0.15, 0.2) is 24.3 Å². The molecule has 0 unspecified atom stereocenters. The van der Waals surface area contributed by atoms with Crippen LogP contribution in [0, 0.1) is 5.92 Å². The van der Waals surface area contributed by atoms with E-state index in [0.717, 1.165) is 0 Å². The Labute approximate surface area is 203 Å². The predicted molar refractivity (Wildman–Crippen MR) is 127 cm³/mol. The Bertz CT molecular complexity index is 935. The molecule has 1 aromatic carbocycles. The minimum atomic E-state index is -1.01. The molecule has 0 aromatic heterocycles. The first-order valence-corrected chi connectivity index (χ1v) is 11.5. The average molecular weight is 491 g/mol. The molecule has 0 saturated carbocycles. The molecule has 1 aliphatic rings. The maximum atomic E-state index is 13.0. The molecule has 0 aliphatic carbocycles. The van der Waals surface area contributed by atoms with Crippen molar-refractivity contribution in [1.82, 2.24) is 26.3 Å². The van der Waals surface area contributed by atoms with E-state index in [9.17, 15) is 24.0 Å². The van der Waals surface area contributed by atoms with Gasteiger partial charge in [0.05, 0.1) is 6.54 Å². The van der Waals surface area contributed by atoms with Crippen LogP contribution in [-0.2, 0) is 19.2 Å². The van der Waals surface area contributed by atoms with Crippen LogP contribution in [0.25, 0.3) is 0 Å². The SMILES string of the molecule is CC(C)C[C@H](NC(=O)[C@H]1CCCN1C(=O)CNC(=O)c1ccc(N)cc1)C(=O)N[C@H](C)C(=O)NO. The second-order valence-corrected chi connectivity index (χ2v) is 8.95. The highest BCUT2D eigenvalue weighted by Gasteiger charge is 2.36. The lowest BCUT2D eigenvalue weighted by molar-refractivity contribution is -0.139. The van der Waals surface area contributed by atoms with Gasteiger partial charge in [-0.3, -0.25) is 29.2 Å². The molecule has 7 N–H and O–H groups in total. The smallest absolute Gasteiger partial charge is 0.265 e. The topological polar surface area (TPSA) is 183 Å². The average Bonchev–Trinajstić information content (AvgIpc) is 3.31. The monoisotopic (exact) mass is 490 g/mol. The van der Waals surface area contributed by atoms with Gasteiger partial charge < -0.3 is 26.6 Å². The molecule has 12 nitrogen and oxygen atoms in total. The van der Waals surface area contributed by atoms with E-state index in [4.69, 9.17) is 10.9 Å². The zero-order chi connectivity index (χ0) is 26.1. The van der Waals surface area contributed by atoms with Crippen LogP contribution in [0.5, 0.6) is 0 Å². The Balaban J connectivity index is 1.99. The van der Waals surface area contributed by atoms with Gasteiger partial charge in [0, 0.05) is 17.8 Å². The highest BCUT2D eigenvalue weighted by atomic mass is 16.5. The van der Waals surface area contributed by atoms with Crippen LogP contribution in [-0.4, -0.2) is 70.9 Å². The summed E-state index contributed by atoms with van der Waals surface area (Å²) in [5.41, 5.74) is 7.95. The molecule has 35 heavy (non-hydrogen) atoms. The zero-order valence-electron chi connectivity index (χ0n) is 20.2. The van der Waals surface area contributed by atoms with Gasteiger partial charge in [-0.25, -0.2) is 5.48 Å². The van der Waals surface area contributed by atoms with E-state index in [1.54, 1.807) is 24.3 Å². The number of nitrogens with one attached hydrogen (secondary N) is 4. The molecule has 5 amide bonds. The minimum Gasteiger partial charge on any atom is -0.399 e. The number of hydrogen-bond donors (Lipinski definition) is 6. The first-order valence-electron chi connectivity index (χ1n) is 11.5. The molecule has 1 heterocycles. The number of hydroxylamine groups is 1. The fourth-order valence-electron chi connectivity index (χ4n) is 3.78. The molecule has 1 aliphatic heterocycles. The third kappa shape index (κ3) is 7.95. The van der Waals surface area contributed by atoms with Crippen molar-refractivity contribution in [2.45, 2.75) is 58.2 Å². The molecular formula is C23H34N6O6. The number of carbonyl (C=O) groups excluding carboxylic acids is 5. The van der Waals surface area contributed by atoms with Crippen molar-refractivity contribution in [3.8, 4) is 0 Å². The van der Waals surface area contributed by atoms with Crippen molar-refractivity contribution in [3.63, 3.8) is 0 Å². The van der Waals surface area contributed by atoms with Gasteiger partial charge in [0.25, 0.3) is 11.8 Å². The number of nitrogen functional groups attached to an aromatic ring is 1. The van der Waals surface area contributed by atoms with Crippen LogP contribution in [0.2, 0.25) is 0 Å². The molecule has 1 aromatic rings. The Morgan fingerprint density at radius 3 is 2.31 bits per heavy atom. The zero-order valence-corrected chi connectivity index (χ0v) is 20.2. The maximum Gasteiger partial charge on any atom is 0.265 e. The third-order valence-corrected chi connectivity index (χ3v) is 5.65. The van der Waals surface area contributed by atoms with Gasteiger partial charge in [-0.2, -0.15) is 0 Å². The van der Waals surface area contributed by atoms with Crippen LogP contribution in [0.1, 0.15) is 50.4 Å². The number of rotatable bonds is 10. The first kappa shape index (κ1) is 27.6. The number of likely N-dealkylation sites (tertiary alicyclic amines) is 1. The maximum absolute atomic E-state index is 13.0. The fraction of sp³-hybridized carbons (Fsp3) is 0.522. The summed E-state index contributed by atoms with van der Waals surface area (Å²) in [5, 5.41) is 16.4. The molecule has 2 rings (SSSR count). The number of amides is 5. The van der Waals surface area contributed by atoms with Gasteiger partial charge in [0.15, 0.2) is 0 Å². The van der Waals surface area contributed by atoms with Gasteiger partial charge in [0.1, 0.15) is 18.1 Å². The van der Waals surface area contributed by atoms with Gasteiger partial charge in [-0.1, -0.05) is 13.8 Å². The van der Waals surface area contributed by atoms with Gasteiger partial charge >= 0.3 is 0 Å². The summed E-state index contributed by atoms with van der Waals surface area (Å²) in [5.74, 6) is -2.65. The van der Waals surface area contributed by atoms with Gasteiger partial charge in [0.2, 0.25) is 17.7 Å². The Kier molecular flexibility index (Phi) is 10.0. The Morgan fingerprint density at radius 2 is 1.71 bits per heavy atom. The normalized spacial score (nSPS) is 16.8. The quantitative estimate of drug-likeness (QED) is 0.145. The summed E-state index contributed by atoms with van der Waals surface area (Å²) in [6.45, 7) is 5.23. The summed E-state index contributed by atoms with van der Waals surface area (Å²) < 4.78 is 0. The number of hydrogen-bond acceptors (Lipinski definition) is 7. The number of nitrogens with zero attached hydrogens (tertiary/aromatic N) is 1. The van der Waals surface area contributed by atoms with Crippen molar-refractivity contribution in [3.05, 3.63) is 29.8 Å². The highest BCUT2D eigenvalue weighted by molar-refractivity contribution is 5.98. The predicted octanol–water partition coefficient (Wildman–Crippen LogP) is -0.469. The van der Waals surface area contributed by atoms with E-state index in [-0.39, 0.29) is 12.5 Å². The van der Waals surface area contributed by atoms with E-state index >= 15 is 0 Å². The van der Waals surface area contributed by atoms with E-state index < -0.39 is 47.7 Å². The van der Waals surface area contributed by atoms with Crippen molar-refractivity contribution in [1.29, 1.82) is 0 Å². The molecule has 0 bridgehead atoms. The molecular weight excluding hydrogens is 456 g/mol.